The van der Waals surface area contributed by atoms with Crippen molar-refractivity contribution in [1.29, 1.82) is 0 Å². The van der Waals surface area contributed by atoms with Gasteiger partial charge in [-0.05, 0) is 61.8 Å². The van der Waals surface area contributed by atoms with Crippen molar-refractivity contribution in [2.24, 2.45) is 5.92 Å². The molecule has 0 radical (unpaired) electrons. The summed E-state index contributed by atoms with van der Waals surface area (Å²) in [5.74, 6) is 0.522. The van der Waals surface area contributed by atoms with Crippen LogP contribution < -0.4 is 0 Å². The van der Waals surface area contributed by atoms with Gasteiger partial charge in [0.15, 0.2) is 0 Å². The van der Waals surface area contributed by atoms with E-state index in [2.05, 4.69) is 29.8 Å². The minimum Gasteiger partial charge on any atom is -0.375 e. The molecule has 1 unspecified atom stereocenters. The molecule has 25 heavy (non-hydrogen) atoms. The highest BCUT2D eigenvalue weighted by atomic mass is 32.1. The molecule has 1 aromatic carbocycles. The van der Waals surface area contributed by atoms with E-state index in [0.29, 0.717) is 12.5 Å². The van der Waals surface area contributed by atoms with Crippen molar-refractivity contribution in [2.45, 2.75) is 44.2 Å². The van der Waals surface area contributed by atoms with Crippen LogP contribution in [0.25, 0.3) is 10.2 Å². The van der Waals surface area contributed by atoms with E-state index < -0.39 is 0 Å². The Labute approximate surface area is 152 Å². The zero-order chi connectivity index (χ0) is 17.3. The molecule has 1 aromatic heterocycles. The van der Waals surface area contributed by atoms with Crippen molar-refractivity contribution in [3.05, 3.63) is 41.9 Å². The number of hydrogen-bond acceptors (Lipinski definition) is 4. The third kappa shape index (κ3) is 3.48. The fraction of sp³-hybridized carbons (Fsp3) is 0.500. The summed E-state index contributed by atoms with van der Waals surface area (Å²) >= 11 is 1.64. The number of nitrogens with zero attached hydrogens (tertiary/aromatic N) is 2. The van der Waals surface area contributed by atoms with E-state index in [0.717, 1.165) is 37.1 Å². The third-order valence-corrected chi connectivity index (χ3v) is 6.40. The summed E-state index contributed by atoms with van der Waals surface area (Å²) in [4.78, 5) is 18.7. The first-order valence-corrected chi connectivity index (χ1v) is 9.93. The molecule has 1 atom stereocenters. The van der Waals surface area contributed by atoms with Crippen molar-refractivity contribution >= 4 is 27.5 Å². The van der Waals surface area contributed by atoms with Gasteiger partial charge in [-0.15, -0.1) is 11.3 Å². The number of fused-ring (bicyclic) bond motifs is 1. The Hall–Kier alpha value is -1.72. The van der Waals surface area contributed by atoms with E-state index >= 15 is 0 Å². The van der Waals surface area contributed by atoms with Gasteiger partial charge in [0.2, 0.25) is 5.91 Å². The second kappa shape index (κ2) is 6.89. The van der Waals surface area contributed by atoms with Gasteiger partial charge in [-0.3, -0.25) is 4.79 Å². The summed E-state index contributed by atoms with van der Waals surface area (Å²) in [6, 6.07) is 6.28. The third-order valence-electron chi connectivity index (χ3n) is 5.59. The summed E-state index contributed by atoms with van der Waals surface area (Å²) in [6.07, 6.45) is 7.18. The van der Waals surface area contributed by atoms with Crippen LogP contribution in [0.5, 0.6) is 0 Å². The van der Waals surface area contributed by atoms with E-state index in [-0.39, 0.29) is 11.5 Å². The predicted octanol–water partition coefficient (Wildman–Crippen LogP) is 4.16. The van der Waals surface area contributed by atoms with Crippen LogP contribution in [0.15, 0.2) is 36.4 Å². The van der Waals surface area contributed by atoms with Crippen LogP contribution in [0, 0.1) is 5.92 Å². The molecule has 2 fully saturated rings. The second-order valence-electron chi connectivity index (χ2n) is 7.32. The van der Waals surface area contributed by atoms with Gasteiger partial charge in [0.05, 0.1) is 21.3 Å². The van der Waals surface area contributed by atoms with E-state index in [4.69, 9.17) is 4.74 Å². The van der Waals surface area contributed by atoms with Crippen molar-refractivity contribution < 1.29 is 9.53 Å². The van der Waals surface area contributed by atoms with Crippen molar-refractivity contribution in [2.75, 3.05) is 13.2 Å². The molecule has 1 spiro atoms. The van der Waals surface area contributed by atoms with Crippen LogP contribution in [0.2, 0.25) is 0 Å². The molecule has 1 aliphatic carbocycles. The lowest BCUT2D eigenvalue weighted by atomic mass is 9.72. The Balaban J connectivity index is 1.47. The van der Waals surface area contributed by atoms with Gasteiger partial charge in [0.25, 0.3) is 0 Å². The van der Waals surface area contributed by atoms with Crippen LogP contribution in [0.1, 0.15) is 37.7 Å². The van der Waals surface area contributed by atoms with E-state index in [1.54, 1.807) is 11.3 Å². The fourth-order valence-corrected chi connectivity index (χ4v) is 4.76. The van der Waals surface area contributed by atoms with Gasteiger partial charge >= 0.3 is 0 Å². The molecule has 1 aliphatic heterocycles. The SMILES string of the molecule is C=CC(=O)N(Cc1ccc2scnc2c1)CC1CCOC2(CCC2)C1. The first-order chi connectivity index (χ1) is 12.2. The van der Waals surface area contributed by atoms with E-state index in [1.807, 2.05) is 10.4 Å². The minimum atomic E-state index is 0.00697. The van der Waals surface area contributed by atoms with Gasteiger partial charge in [0.1, 0.15) is 0 Å². The average molecular weight is 356 g/mol. The Kier molecular flexibility index (Phi) is 4.61. The number of benzene rings is 1. The molecule has 2 aromatic rings. The predicted molar refractivity (Wildman–Crippen MR) is 100 cm³/mol. The minimum absolute atomic E-state index is 0.00697. The lowest BCUT2D eigenvalue weighted by molar-refractivity contribution is -0.149. The number of thiazole rings is 1. The van der Waals surface area contributed by atoms with E-state index in [1.165, 1.54) is 30.0 Å². The molecule has 4 nitrogen and oxygen atoms in total. The molecule has 2 heterocycles. The summed E-state index contributed by atoms with van der Waals surface area (Å²) < 4.78 is 7.21. The molecule has 2 aliphatic rings. The van der Waals surface area contributed by atoms with Gasteiger partial charge in [-0.1, -0.05) is 12.6 Å². The standard InChI is InChI=1S/C20H24N2O2S/c1-2-19(23)22(12-15-4-5-18-17(10-15)21-14-25-18)13-16-6-9-24-20(11-16)7-3-8-20/h2,4-5,10,14,16H,1,3,6-9,11-13H2. The monoisotopic (exact) mass is 356 g/mol. The number of amides is 1. The molecule has 1 saturated heterocycles. The second-order valence-corrected chi connectivity index (χ2v) is 8.21. The normalized spacial score (nSPS) is 21.8. The van der Waals surface area contributed by atoms with Crippen LogP contribution in [0.3, 0.4) is 0 Å². The molecule has 0 N–H and O–H groups in total. The van der Waals surface area contributed by atoms with Crippen LogP contribution >= 0.6 is 11.3 Å². The van der Waals surface area contributed by atoms with Gasteiger partial charge in [-0.25, -0.2) is 4.98 Å². The number of aromatic nitrogens is 1. The van der Waals surface area contributed by atoms with Crippen molar-refractivity contribution in [1.82, 2.24) is 9.88 Å². The smallest absolute Gasteiger partial charge is 0.246 e. The Morgan fingerprint density at radius 1 is 1.48 bits per heavy atom. The Morgan fingerprint density at radius 2 is 2.36 bits per heavy atom. The number of carbonyl (C=O) groups is 1. The Bertz CT molecular complexity index is 781. The van der Waals surface area contributed by atoms with Gasteiger partial charge < -0.3 is 9.64 Å². The highest BCUT2D eigenvalue weighted by molar-refractivity contribution is 7.16. The summed E-state index contributed by atoms with van der Waals surface area (Å²) in [7, 11) is 0. The molecule has 1 amide bonds. The molecule has 132 valence electrons. The van der Waals surface area contributed by atoms with Gasteiger partial charge in [0, 0.05) is 19.7 Å². The van der Waals surface area contributed by atoms with Crippen LogP contribution in [-0.4, -0.2) is 34.5 Å². The molecule has 1 saturated carbocycles. The van der Waals surface area contributed by atoms with Crippen LogP contribution in [0.4, 0.5) is 0 Å². The maximum Gasteiger partial charge on any atom is 0.246 e. The molecule has 4 rings (SSSR count). The summed E-state index contributed by atoms with van der Waals surface area (Å²) in [6.45, 7) is 5.91. The quantitative estimate of drug-likeness (QED) is 0.756. The molecular weight excluding hydrogens is 332 g/mol. The molecule has 0 bridgehead atoms. The molecule has 5 heteroatoms. The summed E-state index contributed by atoms with van der Waals surface area (Å²) in [5, 5.41) is 0. The van der Waals surface area contributed by atoms with Crippen molar-refractivity contribution in [3.8, 4) is 0 Å². The number of carbonyl (C=O) groups excluding carboxylic acids is 1. The zero-order valence-electron chi connectivity index (χ0n) is 14.4. The number of rotatable bonds is 5. The lowest BCUT2D eigenvalue weighted by Crippen LogP contribution is -2.48. The van der Waals surface area contributed by atoms with Crippen molar-refractivity contribution in [3.63, 3.8) is 0 Å². The van der Waals surface area contributed by atoms with Crippen LogP contribution in [-0.2, 0) is 16.1 Å². The highest BCUT2D eigenvalue weighted by Gasteiger charge is 2.42. The zero-order valence-corrected chi connectivity index (χ0v) is 15.3. The molecular formula is C20H24N2O2S. The maximum absolute atomic E-state index is 12.4. The first-order valence-electron chi connectivity index (χ1n) is 9.05. The fourth-order valence-electron chi connectivity index (χ4n) is 4.10. The first kappa shape index (κ1) is 16.7. The topological polar surface area (TPSA) is 42.4 Å². The van der Waals surface area contributed by atoms with Gasteiger partial charge in [-0.2, -0.15) is 0 Å². The average Bonchev–Trinajstić information content (AvgIpc) is 3.07. The highest BCUT2D eigenvalue weighted by Crippen LogP contribution is 2.44. The number of hydrogen-bond donors (Lipinski definition) is 0. The van der Waals surface area contributed by atoms with E-state index in [9.17, 15) is 4.79 Å². The largest absolute Gasteiger partial charge is 0.375 e. The Morgan fingerprint density at radius 3 is 3.12 bits per heavy atom. The summed E-state index contributed by atoms with van der Waals surface area (Å²) in [5.41, 5.74) is 4.11. The maximum atomic E-state index is 12.4. The number of ether oxygens (including phenoxy) is 1. The lowest BCUT2D eigenvalue weighted by Gasteiger charge is -2.48.